The summed E-state index contributed by atoms with van der Waals surface area (Å²) in [5.41, 5.74) is 5.45. The second-order valence-electron chi connectivity index (χ2n) is 5.44. The fraction of sp³-hybridized carbons (Fsp3) is 0.438. The van der Waals surface area contributed by atoms with Crippen LogP contribution < -0.4 is 5.32 Å². The molecule has 1 heterocycles. The van der Waals surface area contributed by atoms with Gasteiger partial charge in [-0.3, -0.25) is 4.68 Å². The molecule has 0 amide bonds. The normalized spacial score (nSPS) is 12.7. The minimum atomic E-state index is 0.0922. The molecular weight excluding hydrogens is 250 g/mol. The van der Waals surface area contributed by atoms with Gasteiger partial charge in [0, 0.05) is 36.5 Å². The van der Waals surface area contributed by atoms with Crippen LogP contribution in [0.3, 0.4) is 0 Å². The van der Waals surface area contributed by atoms with E-state index in [1.807, 2.05) is 37.7 Å². The van der Waals surface area contributed by atoms with Crippen LogP contribution in [-0.4, -0.2) is 14.9 Å². The number of hydrogen-bond acceptors (Lipinski definition) is 3. The third kappa shape index (κ3) is 2.85. The maximum Gasteiger partial charge on any atom is 0.120 e. The Labute approximate surface area is 120 Å². The number of phenols is 1. The zero-order chi connectivity index (χ0) is 14.9. The van der Waals surface area contributed by atoms with Crippen molar-refractivity contribution in [3.8, 4) is 5.75 Å². The zero-order valence-electron chi connectivity index (χ0n) is 12.9. The van der Waals surface area contributed by atoms with Gasteiger partial charge in [-0.05, 0) is 39.3 Å². The Balaban J connectivity index is 2.10. The zero-order valence-corrected chi connectivity index (χ0v) is 12.9. The second-order valence-corrected chi connectivity index (χ2v) is 5.44. The Morgan fingerprint density at radius 1 is 1.30 bits per heavy atom. The van der Waals surface area contributed by atoms with Crippen LogP contribution in [0.25, 0.3) is 0 Å². The third-order valence-electron chi connectivity index (χ3n) is 3.90. The SMILES string of the molecule is Cc1ccc(C(C)NCc2c(C)nn(C)c2C)c(O)c1. The number of aromatic hydroxyl groups is 1. The Morgan fingerprint density at radius 3 is 2.55 bits per heavy atom. The summed E-state index contributed by atoms with van der Waals surface area (Å²) in [7, 11) is 1.96. The molecule has 0 fully saturated rings. The van der Waals surface area contributed by atoms with E-state index in [0.717, 1.165) is 23.4 Å². The van der Waals surface area contributed by atoms with Crippen molar-refractivity contribution >= 4 is 0 Å². The molecule has 1 unspecified atom stereocenters. The molecule has 0 saturated carbocycles. The Morgan fingerprint density at radius 2 is 2.00 bits per heavy atom. The molecule has 0 aliphatic carbocycles. The molecule has 2 N–H and O–H groups in total. The number of benzene rings is 1. The number of rotatable bonds is 4. The summed E-state index contributed by atoms with van der Waals surface area (Å²) in [4.78, 5) is 0. The van der Waals surface area contributed by atoms with Crippen molar-refractivity contribution < 1.29 is 5.11 Å². The highest BCUT2D eigenvalue weighted by Gasteiger charge is 2.13. The van der Waals surface area contributed by atoms with E-state index in [4.69, 9.17) is 0 Å². The van der Waals surface area contributed by atoms with Gasteiger partial charge >= 0.3 is 0 Å². The lowest BCUT2D eigenvalue weighted by Crippen LogP contribution is -2.19. The van der Waals surface area contributed by atoms with Crippen molar-refractivity contribution in [2.75, 3.05) is 0 Å². The highest BCUT2D eigenvalue weighted by atomic mass is 16.3. The van der Waals surface area contributed by atoms with Crippen LogP contribution in [0, 0.1) is 20.8 Å². The van der Waals surface area contributed by atoms with Crippen molar-refractivity contribution in [1.82, 2.24) is 15.1 Å². The number of nitrogens with zero attached hydrogens (tertiary/aromatic N) is 2. The highest BCUT2D eigenvalue weighted by molar-refractivity contribution is 5.38. The summed E-state index contributed by atoms with van der Waals surface area (Å²) in [6.45, 7) is 8.89. The van der Waals surface area contributed by atoms with Crippen LogP contribution in [0.4, 0.5) is 0 Å². The van der Waals surface area contributed by atoms with Crippen molar-refractivity contribution in [1.29, 1.82) is 0 Å². The lowest BCUT2D eigenvalue weighted by molar-refractivity contribution is 0.451. The summed E-state index contributed by atoms with van der Waals surface area (Å²) in [5, 5.41) is 17.9. The summed E-state index contributed by atoms with van der Waals surface area (Å²) in [6.07, 6.45) is 0. The molecule has 1 aromatic carbocycles. The smallest absolute Gasteiger partial charge is 0.120 e. The van der Waals surface area contributed by atoms with Gasteiger partial charge in [0.2, 0.25) is 0 Å². The van der Waals surface area contributed by atoms with E-state index in [1.54, 1.807) is 6.07 Å². The van der Waals surface area contributed by atoms with E-state index >= 15 is 0 Å². The molecule has 0 aliphatic heterocycles. The first-order valence-electron chi connectivity index (χ1n) is 6.92. The Hall–Kier alpha value is -1.81. The van der Waals surface area contributed by atoms with Crippen molar-refractivity contribution in [3.63, 3.8) is 0 Å². The first-order chi connectivity index (χ1) is 9.40. The maximum absolute atomic E-state index is 10.0. The largest absolute Gasteiger partial charge is 0.508 e. The average molecular weight is 273 g/mol. The van der Waals surface area contributed by atoms with Crippen LogP contribution >= 0.6 is 0 Å². The summed E-state index contributed by atoms with van der Waals surface area (Å²) in [5.74, 6) is 0.352. The fourth-order valence-electron chi connectivity index (χ4n) is 2.46. The van der Waals surface area contributed by atoms with Crippen molar-refractivity contribution in [3.05, 3.63) is 46.3 Å². The lowest BCUT2D eigenvalue weighted by Gasteiger charge is -2.16. The number of hydrogen-bond donors (Lipinski definition) is 2. The quantitative estimate of drug-likeness (QED) is 0.900. The van der Waals surface area contributed by atoms with Crippen LogP contribution in [-0.2, 0) is 13.6 Å². The molecule has 4 nitrogen and oxygen atoms in total. The Bertz CT molecular complexity index is 616. The topological polar surface area (TPSA) is 50.1 Å². The molecule has 108 valence electrons. The standard InChI is InChI=1S/C16H23N3O/c1-10-6-7-14(16(20)8-10)11(2)17-9-15-12(3)18-19(5)13(15)4/h6-8,11,17,20H,9H2,1-5H3. The molecule has 1 aromatic heterocycles. The molecule has 2 aromatic rings. The highest BCUT2D eigenvalue weighted by Crippen LogP contribution is 2.25. The van der Waals surface area contributed by atoms with Crippen LogP contribution in [0.2, 0.25) is 0 Å². The first-order valence-corrected chi connectivity index (χ1v) is 6.92. The van der Waals surface area contributed by atoms with Gasteiger partial charge in [-0.2, -0.15) is 5.10 Å². The van der Waals surface area contributed by atoms with Gasteiger partial charge in [0.25, 0.3) is 0 Å². The Kier molecular flexibility index (Phi) is 4.14. The second kappa shape index (κ2) is 5.67. The van der Waals surface area contributed by atoms with Crippen molar-refractivity contribution in [2.45, 2.75) is 40.3 Å². The maximum atomic E-state index is 10.0. The molecule has 4 heteroatoms. The van der Waals surface area contributed by atoms with Gasteiger partial charge < -0.3 is 10.4 Å². The summed E-state index contributed by atoms with van der Waals surface area (Å²) in [6, 6.07) is 5.89. The van der Waals surface area contributed by atoms with Crippen molar-refractivity contribution in [2.24, 2.45) is 7.05 Å². The molecule has 0 bridgehead atoms. The first kappa shape index (κ1) is 14.6. The van der Waals surface area contributed by atoms with Crippen LogP contribution in [0.1, 0.15) is 41.0 Å². The van der Waals surface area contributed by atoms with E-state index in [1.165, 1.54) is 11.3 Å². The lowest BCUT2D eigenvalue weighted by atomic mass is 10.0. The van der Waals surface area contributed by atoms with Gasteiger partial charge in [0.15, 0.2) is 0 Å². The molecule has 0 radical (unpaired) electrons. The van der Waals surface area contributed by atoms with E-state index in [0.29, 0.717) is 5.75 Å². The molecule has 2 rings (SSSR count). The molecule has 0 saturated heterocycles. The van der Waals surface area contributed by atoms with E-state index in [2.05, 4.69) is 24.3 Å². The van der Waals surface area contributed by atoms with Gasteiger partial charge in [0.1, 0.15) is 5.75 Å². The minimum absolute atomic E-state index is 0.0922. The predicted molar refractivity (Wildman–Crippen MR) is 80.8 cm³/mol. The van der Waals surface area contributed by atoms with E-state index < -0.39 is 0 Å². The number of phenolic OH excluding ortho intramolecular Hbond substituents is 1. The summed E-state index contributed by atoms with van der Waals surface area (Å²) >= 11 is 0. The molecule has 0 aliphatic rings. The minimum Gasteiger partial charge on any atom is -0.508 e. The molecule has 1 atom stereocenters. The monoisotopic (exact) mass is 273 g/mol. The van der Waals surface area contributed by atoms with E-state index in [9.17, 15) is 5.11 Å². The number of nitrogens with one attached hydrogen (secondary N) is 1. The molecule has 0 spiro atoms. The number of aryl methyl sites for hydroxylation is 3. The van der Waals surface area contributed by atoms with Gasteiger partial charge in [0.05, 0.1) is 5.69 Å². The van der Waals surface area contributed by atoms with Gasteiger partial charge in [-0.1, -0.05) is 12.1 Å². The average Bonchev–Trinajstić information content (AvgIpc) is 2.61. The predicted octanol–water partition coefficient (Wildman–Crippen LogP) is 2.90. The van der Waals surface area contributed by atoms with Gasteiger partial charge in [-0.15, -0.1) is 0 Å². The fourth-order valence-corrected chi connectivity index (χ4v) is 2.46. The molecular formula is C16H23N3O. The number of aromatic nitrogens is 2. The summed E-state index contributed by atoms with van der Waals surface area (Å²) < 4.78 is 1.90. The van der Waals surface area contributed by atoms with Crippen LogP contribution in [0.15, 0.2) is 18.2 Å². The third-order valence-corrected chi connectivity index (χ3v) is 3.90. The molecule has 20 heavy (non-hydrogen) atoms. The van der Waals surface area contributed by atoms with Crippen LogP contribution in [0.5, 0.6) is 5.75 Å². The van der Waals surface area contributed by atoms with Gasteiger partial charge in [-0.25, -0.2) is 0 Å². The van der Waals surface area contributed by atoms with E-state index in [-0.39, 0.29) is 6.04 Å².